The van der Waals surface area contributed by atoms with Gasteiger partial charge in [-0.1, -0.05) is 34.1 Å². The van der Waals surface area contributed by atoms with Crippen molar-refractivity contribution in [2.45, 2.75) is 13.0 Å². The third-order valence-electron chi connectivity index (χ3n) is 2.98. The molecule has 0 saturated heterocycles. The second kappa shape index (κ2) is 7.36. The maximum atomic E-state index is 11.9. The summed E-state index contributed by atoms with van der Waals surface area (Å²) in [6.45, 7) is 2.19. The van der Waals surface area contributed by atoms with E-state index in [0.717, 1.165) is 10.0 Å². The van der Waals surface area contributed by atoms with Gasteiger partial charge in [-0.05, 0) is 30.0 Å². The van der Waals surface area contributed by atoms with Crippen LogP contribution in [0.25, 0.3) is 0 Å². The van der Waals surface area contributed by atoms with E-state index in [-0.39, 0.29) is 18.5 Å². The average molecular weight is 364 g/mol. The molecule has 0 spiro atoms. The number of halogens is 1. The monoisotopic (exact) mass is 363 g/mol. The largest absolute Gasteiger partial charge is 0.315 e. The van der Waals surface area contributed by atoms with Crippen molar-refractivity contribution in [3.05, 3.63) is 51.3 Å². The number of benzene rings is 1. The highest BCUT2D eigenvalue weighted by molar-refractivity contribution is 9.10. The van der Waals surface area contributed by atoms with Crippen molar-refractivity contribution >= 4 is 38.2 Å². The Labute approximate surface area is 135 Å². The second-order valence-electron chi connectivity index (χ2n) is 4.45. The van der Waals surface area contributed by atoms with Crippen molar-refractivity contribution in [3.63, 3.8) is 0 Å². The van der Waals surface area contributed by atoms with Gasteiger partial charge in [0.15, 0.2) is 0 Å². The van der Waals surface area contributed by atoms with Crippen molar-refractivity contribution in [1.29, 1.82) is 5.26 Å². The maximum absolute atomic E-state index is 11.9. The molecular weight excluding hydrogens is 350 g/mol. The number of hydrogen-bond donors (Lipinski definition) is 2. The lowest BCUT2D eigenvalue weighted by molar-refractivity contribution is -0.115. The summed E-state index contributed by atoms with van der Waals surface area (Å²) in [4.78, 5) is 11.9. The maximum Gasteiger partial charge on any atom is 0.238 e. The van der Waals surface area contributed by atoms with Crippen LogP contribution in [-0.4, -0.2) is 12.5 Å². The van der Waals surface area contributed by atoms with Crippen LogP contribution in [0.2, 0.25) is 0 Å². The van der Waals surface area contributed by atoms with Gasteiger partial charge < -0.3 is 10.6 Å². The Balaban J connectivity index is 1.90. The van der Waals surface area contributed by atoms with Crippen LogP contribution < -0.4 is 10.6 Å². The Hall–Kier alpha value is -1.68. The van der Waals surface area contributed by atoms with E-state index in [2.05, 4.69) is 26.6 Å². The number of anilines is 1. The molecular formula is C15H14BrN3OS. The quantitative estimate of drug-likeness (QED) is 0.851. The molecule has 0 bridgehead atoms. The van der Waals surface area contributed by atoms with Crippen LogP contribution in [0, 0.1) is 11.3 Å². The average Bonchev–Trinajstić information content (AvgIpc) is 2.92. The van der Waals surface area contributed by atoms with Crippen LogP contribution in [0.4, 0.5) is 5.00 Å². The molecule has 2 N–H and O–H groups in total. The predicted octanol–water partition coefficient (Wildman–Crippen LogP) is 3.67. The van der Waals surface area contributed by atoms with E-state index >= 15 is 0 Å². The highest BCUT2D eigenvalue weighted by atomic mass is 79.9. The molecule has 21 heavy (non-hydrogen) atoms. The number of carbonyl (C=O) groups is 1. The zero-order valence-corrected chi connectivity index (χ0v) is 13.8. The molecule has 1 heterocycles. The van der Waals surface area contributed by atoms with Gasteiger partial charge in [-0.25, -0.2) is 0 Å². The third kappa shape index (κ3) is 4.14. The molecule has 1 unspecified atom stereocenters. The van der Waals surface area contributed by atoms with Crippen molar-refractivity contribution in [2.75, 3.05) is 11.9 Å². The van der Waals surface area contributed by atoms with Gasteiger partial charge in [0, 0.05) is 10.5 Å². The van der Waals surface area contributed by atoms with Crippen LogP contribution >= 0.6 is 27.3 Å². The molecule has 0 radical (unpaired) electrons. The molecule has 108 valence electrons. The van der Waals surface area contributed by atoms with Crippen LogP contribution in [-0.2, 0) is 4.79 Å². The predicted molar refractivity (Wildman–Crippen MR) is 88.2 cm³/mol. The Morgan fingerprint density at radius 2 is 2.19 bits per heavy atom. The molecule has 4 nitrogen and oxygen atoms in total. The van der Waals surface area contributed by atoms with E-state index in [1.165, 1.54) is 11.3 Å². The van der Waals surface area contributed by atoms with E-state index in [1.54, 1.807) is 11.4 Å². The fourth-order valence-electron chi connectivity index (χ4n) is 1.85. The van der Waals surface area contributed by atoms with Gasteiger partial charge in [-0.15, -0.1) is 11.3 Å². The fourth-order valence-corrected chi connectivity index (χ4v) is 3.23. The first-order valence-electron chi connectivity index (χ1n) is 6.37. The van der Waals surface area contributed by atoms with E-state index in [9.17, 15) is 4.79 Å². The van der Waals surface area contributed by atoms with Crippen molar-refractivity contribution in [3.8, 4) is 6.07 Å². The van der Waals surface area contributed by atoms with Crippen LogP contribution in [0.15, 0.2) is 40.2 Å². The Kier molecular flexibility index (Phi) is 5.51. The number of nitriles is 1. The number of thiophene rings is 1. The van der Waals surface area contributed by atoms with Gasteiger partial charge in [0.1, 0.15) is 11.1 Å². The highest BCUT2D eigenvalue weighted by Gasteiger charge is 2.12. The summed E-state index contributed by atoms with van der Waals surface area (Å²) in [6, 6.07) is 11.7. The Morgan fingerprint density at radius 1 is 1.43 bits per heavy atom. The van der Waals surface area contributed by atoms with E-state index < -0.39 is 0 Å². The van der Waals surface area contributed by atoms with E-state index in [1.807, 2.05) is 37.3 Å². The highest BCUT2D eigenvalue weighted by Crippen LogP contribution is 2.23. The number of nitrogens with one attached hydrogen (secondary N) is 2. The molecule has 0 saturated carbocycles. The van der Waals surface area contributed by atoms with Crippen molar-refractivity contribution < 1.29 is 4.79 Å². The number of rotatable bonds is 5. The zero-order chi connectivity index (χ0) is 15.2. The van der Waals surface area contributed by atoms with Crippen molar-refractivity contribution in [2.24, 2.45) is 0 Å². The molecule has 1 atom stereocenters. The minimum Gasteiger partial charge on any atom is -0.315 e. The number of hydrogen-bond acceptors (Lipinski definition) is 4. The molecule has 2 rings (SSSR count). The summed E-state index contributed by atoms with van der Waals surface area (Å²) in [7, 11) is 0. The van der Waals surface area contributed by atoms with Gasteiger partial charge in [-0.2, -0.15) is 5.26 Å². The summed E-state index contributed by atoms with van der Waals surface area (Å²) in [5.41, 5.74) is 1.59. The minimum atomic E-state index is -0.159. The summed E-state index contributed by atoms with van der Waals surface area (Å²) >= 11 is 4.84. The molecule has 1 aromatic carbocycles. The SMILES string of the molecule is CC(NCC(=O)Nc1sccc1C#N)c1ccccc1Br. The standard InChI is InChI=1S/C15H14BrN3OS/c1-10(12-4-2-3-5-13(12)16)18-9-14(20)19-15-11(8-17)6-7-21-15/h2-7,10,18H,9H2,1H3,(H,19,20). The molecule has 2 aromatic rings. The number of carbonyl (C=O) groups excluding carboxylic acids is 1. The smallest absolute Gasteiger partial charge is 0.238 e. The Morgan fingerprint density at radius 3 is 2.90 bits per heavy atom. The first-order valence-corrected chi connectivity index (χ1v) is 8.04. The van der Waals surface area contributed by atoms with Gasteiger partial charge in [0.2, 0.25) is 5.91 Å². The normalized spacial score (nSPS) is 11.7. The van der Waals surface area contributed by atoms with Gasteiger partial charge in [0.05, 0.1) is 12.1 Å². The molecule has 0 aliphatic carbocycles. The summed E-state index contributed by atoms with van der Waals surface area (Å²) in [5.74, 6) is -0.159. The minimum absolute atomic E-state index is 0.0464. The van der Waals surface area contributed by atoms with Crippen LogP contribution in [0.3, 0.4) is 0 Å². The lowest BCUT2D eigenvalue weighted by Crippen LogP contribution is -2.30. The fraction of sp³-hybridized carbons (Fsp3) is 0.200. The molecule has 0 aliphatic rings. The molecule has 1 aromatic heterocycles. The first-order chi connectivity index (χ1) is 10.1. The molecule has 0 fully saturated rings. The number of nitrogens with zero attached hydrogens (tertiary/aromatic N) is 1. The lowest BCUT2D eigenvalue weighted by atomic mass is 10.1. The van der Waals surface area contributed by atoms with Gasteiger partial charge in [0.25, 0.3) is 0 Å². The van der Waals surface area contributed by atoms with Crippen LogP contribution in [0.1, 0.15) is 24.1 Å². The summed E-state index contributed by atoms with van der Waals surface area (Å²) < 4.78 is 1.01. The second-order valence-corrected chi connectivity index (χ2v) is 6.22. The third-order valence-corrected chi connectivity index (χ3v) is 4.53. The summed E-state index contributed by atoms with van der Waals surface area (Å²) in [5, 5.41) is 17.2. The lowest BCUT2D eigenvalue weighted by Gasteiger charge is -2.15. The van der Waals surface area contributed by atoms with Crippen LogP contribution in [0.5, 0.6) is 0 Å². The Bertz CT molecular complexity index is 678. The zero-order valence-electron chi connectivity index (χ0n) is 11.4. The summed E-state index contributed by atoms with van der Waals surface area (Å²) in [6.07, 6.45) is 0. The topological polar surface area (TPSA) is 64.9 Å². The van der Waals surface area contributed by atoms with E-state index in [4.69, 9.17) is 5.26 Å². The first kappa shape index (κ1) is 15.7. The van der Waals surface area contributed by atoms with E-state index in [0.29, 0.717) is 10.6 Å². The molecule has 1 amide bonds. The molecule has 6 heteroatoms. The molecule has 0 aliphatic heterocycles. The van der Waals surface area contributed by atoms with Gasteiger partial charge >= 0.3 is 0 Å². The number of amides is 1. The van der Waals surface area contributed by atoms with Crippen molar-refractivity contribution in [1.82, 2.24) is 5.32 Å². The van der Waals surface area contributed by atoms with Gasteiger partial charge in [-0.3, -0.25) is 4.79 Å².